The molecule has 2 heterocycles. The summed E-state index contributed by atoms with van der Waals surface area (Å²) in [5.74, 6) is -7.75. The van der Waals surface area contributed by atoms with Crippen molar-refractivity contribution in [2.24, 2.45) is 0 Å². The molecule has 1 N–H and O–H groups in total. The van der Waals surface area contributed by atoms with E-state index in [0.29, 0.717) is 34.9 Å². The van der Waals surface area contributed by atoms with Gasteiger partial charge >= 0.3 is 12.3 Å². The molecule has 2 aliphatic heterocycles. The fraction of sp³-hybridized carbons (Fsp3) is 0.333. The Kier molecular flexibility index (Phi) is 6.97. The van der Waals surface area contributed by atoms with E-state index >= 15 is 0 Å². The molecule has 7 nitrogen and oxygen atoms in total. The van der Waals surface area contributed by atoms with E-state index in [0.717, 1.165) is 0 Å². The number of hydrogen-bond acceptors (Lipinski definition) is 5. The smallest absolute Gasteiger partial charge is 0.404 e. The number of piperidine rings is 1. The van der Waals surface area contributed by atoms with Gasteiger partial charge in [0.2, 0.25) is 17.6 Å². The number of nitrogens with one attached hydrogen (secondary N) is 1. The number of rotatable bonds is 7. The topological polar surface area (TPSA) is 92.8 Å². The van der Waals surface area contributed by atoms with Crippen molar-refractivity contribution >= 4 is 35.1 Å². The number of hydrogen-bond donors (Lipinski definition) is 1. The predicted octanol–water partition coefficient (Wildman–Crippen LogP) is 4.29. The lowest BCUT2D eigenvalue weighted by Crippen LogP contribution is -2.52. The molecule has 1 atom stereocenters. The van der Waals surface area contributed by atoms with Crippen molar-refractivity contribution < 1.29 is 45.9 Å². The van der Waals surface area contributed by atoms with Gasteiger partial charge < -0.3 is 9.64 Å². The fourth-order valence-corrected chi connectivity index (χ4v) is 4.48. The first-order chi connectivity index (χ1) is 17.3. The molecule has 0 aromatic heterocycles. The number of Topliss-reactive ketones (excluding diaryl/α,β-unsaturated/α-hetero) is 1. The number of imide groups is 1. The molecule has 0 bridgehead atoms. The summed E-state index contributed by atoms with van der Waals surface area (Å²) in [4.78, 5) is 49.9. The van der Waals surface area contributed by atoms with Crippen molar-refractivity contribution in [1.82, 2.24) is 10.2 Å². The van der Waals surface area contributed by atoms with Crippen LogP contribution in [0.4, 0.5) is 22.0 Å². The Bertz CT molecular complexity index is 1300. The van der Waals surface area contributed by atoms with Crippen LogP contribution in [0.15, 0.2) is 36.4 Å². The molecule has 0 aliphatic carbocycles. The Morgan fingerprint density at radius 1 is 1.08 bits per heavy atom. The highest BCUT2D eigenvalue weighted by atomic mass is 35.5. The number of benzene rings is 2. The van der Waals surface area contributed by atoms with Gasteiger partial charge in [-0.25, -0.2) is 0 Å². The Labute approximate surface area is 211 Å². The first-order valence-electron chi connectivity index (χ1n) is 11.0. The van der Waals surface area contributed by atoms with E-state index in [1.54, 1.807) is 6.07 Å². The zero-order valence-corrected chi connectivity index (χ0v) is 19.6. The minimum Gasteiger partial charge on any atom is -0.404 e. The molecule has 0 saturated carbocycles. The van der Waals surface area contributed by atoms with E-state index in [4.69, 9.17) is 11.6 Å². The second kappa shape index (κ2) is 9.73. The maximum Gasteiger partial charge on any atom is 0.573 e. The fourth-order valence-electron chi connectivity index (χ4n) is 4.26. The summed E-state index contributed by atoms with van der Waals surface area (Å²) >= 11 is 5.63. The van der Waals surface area contributed by atoms with Crippen LogP contribution < -0.4 is 10.1 Å². The van der Waals surface area contributed by atoms with Gasteiger partial charge in [-0.2, -0.15) is 8.78 Å². The van der Waals surface area contributed by atoms with Crippen LogP contribution in [0.2, 0.25) is 5.02 Å². The van der Waals surface area contributed by atoms with E-state index in [9.17, 15) is 41.1 Å². The number of fused-ring (bicyclic) bond motifs is 1. The zero-order valence-electron chi connectivity index (χ0n) is 18.8. The summed E-state index contributed by atoms with van der Waals surface area (Å²) in [6.07, 6.45) is -5.48. The van der Waals surface area contributed by atoms with Crippen LogP contribution in [-0.4, -0.2) is 40.8 Å². The highest BCUT2D eigenvalue weighted by molar-refractivity contribution is 6.32. The summed E-state index contributed by atoms with van der Waals surface area (Å²) in [5, 5.41) is 1.47. The molecular weight excluding hydrogens is 527 g/mol. The van der Waals surface area contributed by atoms with Crippen LogP contribution in [0, 0.1) is 0 Å². The Hall–Kier alpha value is -3.54. The lowest BCUT2D eigenvalue weighted by Gasteiger charge is -2.29. The molecule has 1 fully saturated rings. The van der Waals surface area contributed by atoms with Crippen molar-refractivity contribution in [1.29, 1.82) is 0 Å². The van der Waals surface area contributed by atoms with Crippen LogP contribution >= 0.6 is 11.6 Å². The summed E-state index contributed by atoms with van der Waals surface area (Å²) in [6, 6.07) is 5.57. The number of nitrogens with zero attached hydrogens (tertiary/aromatic N) is 1. The highest BCUT2D eigenvalue weighted by Gasteiger charge is 2.42. The first kappa shape index (κ1) is 26.5. The summed E-state index contributed by atoms with van der Waals surface area (Å²) in [5.41, 5.74) is 0.503. The summed E-state index contributed by atoms with van der Waals surface area (Å²) in [7, 11) is 0. The van der Waals surface area contributed by atoms with Crippen molar-refractivity contribution in [2.45, 2.75) is 50.6 Å². The molecule has 2 aliphatic rings. The molecule has 37 heavy (non-hydrogen) atoms. The molecule has 3 amide bonds. The monoisotopic (exact) mass is 544 g/mol. The van der Waals surface area contributed by atoms with Crippen molar-refractivity contribution in [3.8, 4) is 5.75 Å². The normalized spacial score (nSPS) is 18.1. The van der Waals surface area contributed by atoms with Crippen LogP contribution in [0.3, 0.4) is 0 Å². The zero-order chi connectivity index (χ0) is 27.1. The van der Waals surface area contributed by atoms with Crippen LogP contribution in [0.5, 0.6) is 5.75 Å². The maximum atomic E-state index is 14.7. The third kappa shape index (κ3) is 5.58. The number of carbonyl (C=O) groups is 4. The number of carbonyl (C=O) groups excluding carboxylic acids is 4. The average Bonchev–Trinajstić information content (AvgIpc) is 3.13. The molecule has 0 spiro atoms. The second-order valence-electron chi connectivity index (χ2n) is 8.58. The molecule has 1 unspecified atom stereocenters. The minimum absolute atomic E-state index is 0.0865. The van der Waals surface area contributed by atoms with Crippen molar-refractivity contribution in [3.63, 3.8) is 0 Å². The molecule has 2 aromatic rings. The second-order valence-corrected chi connectivity index (χ2v) is 8.99. The van der Waals surface area contributed by atoms with E-state index in [2.05, 4.69) is 10.1 Å². The molecular formula is C24H18ClF5N2O5. The molecule has 0 radical (unpaired) electrons. The predicted molar refractivity (Wildman–Crippen MR) is 118 cm³/mol. The number of alkyl halides is 5. The van der Waals surface area contributed by atoms with Gasteiger partial charge in [-0.05, 0) is 48.2 Å². The van der Waals surface area contributed by atoms with Gasteiger partial charge in [-0.1, -0.05) is 23.7 Å². The van der Waals surface area contributed by atoms with Gasteiger partial charge in [0.15, 0.2) is 0 Å². The van der Waals surface area contributed by atoms with Gasteiger partial charge in [-0.15, -0.1) is 13.2 Å². The number of ether oxygens (including phenoxy) is 1. The summed E-state index contributed by atoms with van der Waals surface area (Å²) in [6.45, 7) is 0.0865. The van der Waals surface area contributed by atoms with E-state index < -0.39 is 64.6 Å². The quantitative estimate of drug-likeness (QED) is 0.415. The molecule has 4 rings (SSSR count). The summed E-state index contributed by atoms with van der Waals surface area (Å²) < 4.78 is 70.1. The number of halogens is 6. The van der Waals surface area contributed by atoms with Gasteiger partial charge in [0, 0.05) is 30.5 Å². The van der Waals surface area contributed by atoms with E-state index in [1.165, 1.54) is 17.0 Å². The maximum absolute atomic E-state index is 14.7. The third-order valence-corrected chi connectivity index (χ3v) is 6.39. The number of aryl methyl sites for hydroxylation is 1. The standard InChI is InChI=1S/C24H18ClF5N2O5/c25-16-10-14(3-6-18(16)37-24(28,29)30)23(26,27)19(33)7-2-12-1-4-15-13(9-12)11-32(22(15)36)17-5-8-20(34)31-21(17)35/h1,3-4,6,9-10,17H,2,5,7-8,11H2,(H,31,34,35). The highest BCUT2D eigenvalue weighted by Crippen LogP contribution is 2.37. The van der Waals surface area contributed by atoms with Gasteiger partial charge in [0.05, 0.1) is 5.02 Å². The lowest BCUT2D eigenvalue weighted by atomic mass is 9.97. The Morgan fingerprint density at radius 2 is 1.81 bits per heavy atom. The lowest BCUT2D eigenvalue weighted by molar-refractivity contribution is -0.274. The van der Waals surface area contributed by atoms with Gasteiger partial charge in [-0.3, -0.25) is 24.5 Å². The van der Waals surface area contributed by atoms with E-state index in [1.807, 2.05) is 0 Å². The van der Waals surface area contributed by atoms with Crippen molar-refractivity contribution in [3.05, 3.63) is 63.7 Å². The SMILES string of the molecule is O=C1CCC(N2Cc3cc(CCC(=O)C(F)(F)c4ccc(OC(F)(F)F)c(Cl)c4)ccc3C2=O)C(=O)N1. The minimum atomic E-state index is -5.07. The molecule has 196 valence electrons. The van der Waals surface area contributed by atoms with Crippen LogP contribution in [-0.2, 0) is 33.3 Å². The van der Waals surface area contributed by atoms with Crippen LogP contribution in [0.1, 0.15) is 46.3 Å². The number of ketones is 1. The largest absolute Gasteiger partial charge is 0.573 e. The van der Waals surface area contributed by atoms with Gasteiger partial charge in [0.1, 0.15) is 11.8 Å². The molecule has 13 heteroatoms. The first-order valence-corrected chi connectivity index (χ1v) is 11.4. The molecule has 1 saturated heterocycles. The average molecular weight is 545 g/mol. The number of amides is 3. The Balaban J connectivity index is 1.42. The van der Waals surface area contributed by atoms with Crippen molar-refractivity contribution in [2.75, 3.05) is 0 Å². The third-order valence-electron chi connectivity index (χ3n) is 6.10. The van der Waals surface area contributed by atoms with Crippen LogP contribution in [0.25, 0.3) is 0 Å². The molecule has 2 aromatic carbocycles. The van der Waals surface area contributed by atoms with Gasteiger partial charge in [0.25, 0.3) is 5.91 Å². The Morgan fingerprint density at radius 3 is 2.46 bits per heavy atom. The van der Waals surface area contributed by atoms with E-state index in [-0.39, 0.29) is 25.8 Å².